The van der Waals surface area contributed by atoms with Gasteiger partial charge >= 0.3 is 10.1 Å². The number of rotatable bonds is 5. The molecule has 0 fully saturated rings. The Balaban J connectivity index is 2.24. The zero-order valence-corrected chi connectivity index (χ0v) is 14.2. The van der Waals surface area contributed by atoms with Gasteiger partial charge in [-0.3, -0.25) is 4.28 Å². The molecule has 0 unspecified atom stereocenters. The van der Waals surface area contributed by atoms with E-state index in [1.54, 1.807) is 36.0 Å². The van der Waals surface area contributed by atoms with Crippen molar-refractivity contribution in [1.82, 2.24) is 0 Å². The van der Waals surface area contributed by atoms with Gasteiger partial charge in [0.05, 0.1) is 0 Å². The van der Waals surface area contributed by atoms with Gasteiger partial charge in [0.1, 0.15) is 11.0 Å². The normalized spacial score (nSPS) is 11.8. The molecule has 0 amide bonds. The molecule has 0 atom stereocenters. The highest BCUT2D eigenvalue weighted by Gasteiger charge is 2.16. The molecule has 0 radical (unpaired) electrons. The number of benzene rings is 2. The fourth-order valence-corrected chi connectivity index (χ4v) is 2.86. The van der Waals surface area contributed by atoms with Crippen molar-refractivity contribution in [2.24, 2.45) is 5.16 Å². The van der Waals surface area contributed by atoms with Gasteiger partial charge in [0.15, 0.2) is 5.71 Å². The van der Waals surface area contributed by atoms with E-state index in [0.717, 1.165) is 10.5 Å². The molecule has 5 nitrogen and oxygen atoms in total. The molecule has 0 aromatic heterocycles. The number of nitriles is 1. The Morgan fingerprint density at radius 1 is 1.13 bits per heavy atom. The first-order valence-electron chi connectivity index (χ1n) is 6.59. The number of hydrogen-bond acceptors (Lipinski definition) is 6. The van der Waals surface area contributed by atoms with Crippen molar-refractivity contribution < 1.29 is 12.7 Å². The summed E-state index contributed by atoms with van der Waals surface area (Å²) in [5, 5.41) is 12.6. The average molecular weight is 346 g/mol. The minimum absolute atomic E-state index is 0.0122. The molecule has 23 heavy (non-hydrogen) atoms. The molecule has 0 aliphatic heterocycles. The molecule has 2 aromatic rings. The first-order chi connectivity index (χ1) is 11.0. The van der Waals surface area contributed by atoms with E-state index in [4.69, 9.17) is 5.26 Å². The second kappa shape index (κ2) is 7.31. The van der Waals surface area contributed by atoms with Crippen LogP contribution in [0.2, 0.25) is 0 Å². The van der Waals surface area contributed by atoms with Gasteiger partial charge in [0.2, 0.25) is 0 Å². The number of nitrogens with zero attached hydrogens (tertiary/aromatic N) is 2. The molecule has 118 valence electrons. The number of hydrogen-bond donors (Lipinski definition) is 0. The van der Waals surface area contributed by atoms with E-state index in [-0.39, 0.29) is 10.6 Å². The van der Waals surface area contributed by atoms with E-state index >= 15 is 0 Å². The molecule has 0 N–H and O–H groups in total. The Hall–Kier alpha value is -2.30. The smallest absolute Gasteiger partial charge is 0.263 e. The maximum Gasteiger partial charge on any atom is 0.358 e. The van der Waals surface area contributed by atoms with E-state index in [1.165, 1.54) is 12.1 Å². The quantitative estimate of drug-likeness (QED) is 0.471. The van der Waals surface area contributed by atoms with Gasteiger partial charge in [-0.15, -0.1) is 11.8 Å². The standard InChI is InChI=1S/C16H14N2O3S2/c1-12-3-9-15(10-4-12)23(19,20)21-18-16(11-17)13-5-7-14(22-2)8-6-13/h3-10H,1-2H3. The molecule has 0 bridgehead atoms. The summed E-state index contributed by atoms with van der Waals surface area (Å²) in [5.41, 5.74) is 1.32. The zero-order chi connectivity index (χ0) is 16.9. The lowest BCUT2D eigenvalue weighted by Gasteiger charge is -2.03. The molecular formula is C16H14N2O3S2. The summed E-state index contributed by atoms with van der Waals surface area (Å²) >= 11 is 1.56. The molecule has 2 aromatic carbocycles. The van der Waals surface area contributed by atoms with Gasteiger partial charge in [-0.2, -0.15) is 13.7 Å². The zero-order valence-electron chi connectivity index (χ0n) is 12.6. The van der Waals surface area contributed by atoms with Crippen molar-refractivity contribution >= 4 is 27.6 Å². The maximum absolute atomic E-state index is 12.1. The second-order valence-corrected chi connectivity index (χ2v) is 7.03. The van der Waals surface area contributed by atoms with Crippen molar-refractivity contribution in [3.63, 3.8) is 0 Å². The topological polar surface area (TPSA) is 79.5 Å². The predicted octanol–water partition coefficient (Wildman–Crippen LogP) is 3.35. The van der Waals surface area contributed by atoms with E-state index in [2.05, 4.69) is 9.44 Å². The molecule has 7 heteroatoms. The van der Waals surface area contributed by atoms with Crippen molar-refractivity contribution in [2.45, 2.75) is 16.7 Å². The summed E-state index contributed by atoms with van der Waals surface area (Å²) in [6.07, 6.45) is 1.94. The molecule has 0 aliphatic rings. The highest BCUT2D eigenvalue weighted by atomic mass is 32.2. The van der Waals surface area contributed by atoms with Crippen molar-refractivity contribution in [3.05, 3.63) is 59.7 Å². The van der Waals surface area contributed by atoms with Gasteiger partial charge in [-0.1, -0.05) is 35.0 Å². The Morgan fingerprint density at radius 2 is 1.74 bits per heavy atom. The van der Waals surface area contributed by atoms with Gasteiger partial charge in [0, 0.05) is 10.5 Å². The highest BCUT2D eigenvalue weighted by molar-refractivity contribution is 7.98. The third kappa shape index (κ3) is 4.34. The van der Waals surface area contributed by atoms with Crippen LogP contribution in [0.15, 0.2) is 63.5 Å². The van der Waals surface area contributed by atoms with Gasteiger partial charge < -0.3 is 0 Å². The first kappa shape index (κ1) is 17.1. The lowest BCUT2D eigenvalue weighted by molar-refractivity contribution is 0.339. The Labute approximate surface area is 139 Å². The lowest BCUT2D eigenvalue weighted by Crippen LogP contribution is -2.06. The van der Waals surface area contributed by atoms with Crippen LogP contribution in [0.1, 0.15) is 11.1 Å². The van der Waals surface area contributed by atoms with E-state index < -0.39 is 10.1 Å². The molecule has 0 heterocycles. The van der Waals surface area contributed by atoms with Crippen LogP contribution in [-0.2, 0) is 14.4 Å². The third-order valence-electron chi connectivity index (χ3n) is 3.01. The van der Waals surface area contributed by atoms with Crippen LogP contribution in [-0.4, -0.2) is 20.4 Å². The van der Waals surface area contributed by atoms with Crippen LogP contribution >= 0.6 is 11.8 Å². The molecular weight excluding hydrogens is 332 g/mol. The molecule has 2 rings (SSSR count). The van der Waals surface area contributed by atoms with E-state index in [1.807, 2.05) is 31.4 Å². The summed E-state index contributed by atoms with van der Waals surface area (Å²) in [6, 6.07) is 15.0. The van der Waals surface area contributed by atoms with Crippen LogP contribution in [0.5, 0.6) is 0 Å². The SMILES string of the molecule is CSc1ccc(C(C#N)=NOS(=O)(=O)c2ccc(C)cc2)cc1. The Kier molecular flexibility index (Phi) is 5.42. The maximum atomic E-state index is 12.1. The largest absolute Gasteiger partial charge is 0.358 e. The minimum atomic E-state index is -4.05. The summed E-state index contributed by atoms with van der Waals surface area (Å²) < 4.78 is 28.8. The van der Waals surface area contributed by atoms with Crippen molar-refractivity contribution in [2.75, 3.05) is 6.26 Å². The monoisotopic (exact) mass is 346 g/mol. The van der Waals surface area contributed by atoms with Gasteiger partial charge in [-0.05, 0) is 37.4 Å². The molecule has 0 saturated carbocycles. The fraction of sp³-hybridized carbons (Fsp3) is 0.125. The van der Waals surface area contributed by atoms with E-state index in [0.29, 0.717) is 5.56 Å². The number of oxime groups is 1. The Morgan fingerprint density at radius 3 is 2.26 bits per heavy atom. The summed E-state index contributed by atoms with van der Waals surface area (Å²) in [4.78, 5) is 1.01. The average Bonchev–Trinajstić information content (AvgIpc) is 2.56. The first-order valence-corrected chi connectivity index (χ1v) is 9.22. The van der Waals surface area contributed by atoms with Gasteiger partial charge in [-0.25, -0.2) is 0 Å². The Bertz CT molecular complexity index is 850. The summed E-state index contributed by atoms with van der Waals surface area (Å²) in [7, 11) is -4.05. The van der Waals surface area contributed by atoms with Crippen LogP contribution < -0.4 is 0 Å². The highest BCUT2D eigenvalue weighted by Crippen LogP contribution is 2.17. The molecule has 0 aliphatic carbocycles. The van der Waals surface area contributed by atoms with E-state index in [9.17, 15) is 8.42 Å². The van der Waals surface area contributed by atoms with Crippen LogP contribution in [0.25, 0.3) is 0 Å². The minimum Gasteiger partial charge on any atom is -0.263 e. The molecule has 0 spiro atoms. The van der Waals surface area contributed by atoms with Crippen LogP contribution in [0.4, 0.5) is 0 Å². The van der Waals surface area contributed by atoms with Crippen molar-refractivity contribution in [3.8, 4) is 6.07 Å². The van der Waals surface area contributed by atoms with Gasteiger partial charge in [0.25, 0.3) is 0 Å². The number of aryl methyl sites for hydroxylation is 1. The summed E-state index contributed by atoms with van der Waals surface area (Å²) in [5.74, 6) is 0. The van der Waals surface area contributed by atoms with Crippen molar-refractivity contribution in [1.29, 1.82) is 5.26 Å². The third-order valence-corrected chi connectivity index (χ3v) is 4.87. The summed E-state index contributed by atoms with van der Waals surface area (Å²) in [6.45, 7) is 1.85. The number of thioether (sulfide) groups is 1. The van der Waals surface area contributed by atoms with Crippen LogP contribution in [0.3, 0.4) is 0 Å². The molecule has 0 saturated heterocycles. The second-order valence-electron chi connectivity index (χ2n) is 4.62. The predicted molar refractivity (Wildman–Crippen MR) is 89.8 cm³/mol. The van der Waals surface area contributed by atoms with Crippen LogP contribution in [0, 0.1) is 18.3 Å². The fourth-order valence-electron chi connectivity index (χ4n) is 1.72. The lowest BCUT2D eigenvalue weighted by atomic mass is 10.1.